The molecule has 2 atom stereocenters. The van der Waals surface area contributed by atoms with Crippen LogP contribution >= 0.6 is 0 Å². The van der Waals surface area contributed by atoms with Gasteiger partial charge in [-0.25, -0.2) is 4.39 Å². The molecule has 0 fully saturated rings. The maximum absolute atomic E-state index is 14.6. The lowest BCUT2D eigenvalue weighted by atomic mass is 10.00. The Labute approximate surface area is 266 Å². The summed E-state index contributed by atoms with van der Waals surface area (Å²) >= 11 is 0. The Morgan fingerprint density at radius 3 is 2.31 bits per heavy atom. The predicted molar refractivity (Wildman–Crippen MR) is 175 cm³/mol. The molecule has 0 bridgehead atoms. The topological polar surface area (TPSA) is 100 Å². The van der Waals surface area contributed by atoms with E-state index in [1.165, 1.54) is 12.1 Å². The van der Waals surface area contributed by atoms with Crippen LogP contribution in [0, 0.1) is 5.82 Å². The Kier molecular flexibility index (Phi) is 15.3. The fourth-order valence-electron chi connectivity index (χ4n) is 5.13. The summed E-state index contributed by atoms with van der Waals surface area (Å²) in [4.78, 5) is 27.5. The predicted octanol–water partition coefficient (Wildman–Crippen LogP) is 5.41. The van der Waals surface area contributed by atoms with Crippen LogP contribution in [0.3, 0.4) is 0 Å². The first-order chi connectivity index (χ1) is 21.8. The van der Waals surface area contributed by atoms with Crippen molar-refractivity contribution in [2.45, 2.75) is 77.7 Å². The van der Waals surface area contributed by atoms with Crippen molar-refractivity contribution < 1.29 is 28.6 Å². The molecule has 0 heterocycles. The van der Waals surface area contributed by atoms with Crippen LogP contribution in [-0.2, 0) is 29.2 Å². The first-order valence-corrected chi connectivity index (χ1v) is 15.9. The maximum atomic E-state index is 14.6. The first-order valence-electron chi connectivity index (χ1n) is 15.9. The number of carbonyl (C=O) groups is 2. The van der Waals surface area contributed by atoms with Crippen LogP contribution in [0.4, 0.5) is 4.39 Å². The summed E-state index contributed by atoms with van der Waals surface area (Å²) in [7, 11) is 1.61. The van der Waals surface area contributed by atoms with Crippen LogP contribution in [0.15, 0.2) is 72.8 Å². The van der Waals surface area contributed by atoms with Crippen molar-refractivity contribution in [3.63, 3.8) is 0 Å². The quantitative estimate of drug-likeness (QED) is 0.156. The van der Waals surface area contributed by atoms with E-state index in [2.05, 4.69) is 10.6 Å². The molecule has 0 aromatic heterocycles. The van der Waals surface area contributed by atoms with Gasteiger partial charge in [-0.15, -0.1) is 0 Å². The smallest absolute Gasteiger partial charge is 0.222 e. The third-order valence-corrected chi connectivity index (χ3v) is 7.40. The van der Waals surface area contributed by atoms with Crippen molar-refractivity contribution in [1.82, 2.24) is 15.5 Å². The number of nitrogens with zero attached hydrogens (tertiary/aromatic N) is 1. The Balaban J connectivity index is 1.65. The molecule has 0 aliphatic rings. The van der Waals surface area contributed by atoms with Gasteiger partial charge in [-0.2, -0.15) is 0 Å². The molecule has 0 radical (unpaired) electrons. The van der Waals surface area contributed by atoms with Crippen molar-refractivity contribution in [3.8, 4) is 11.5 Å². The Hall–Kier alpha value is -3.95. The second-order valence-electron chi connectivity index (χ2n) is 11.2. The highest BCUT2D eigenvalue weighted by Gasteiger charge is 2.23. The normalized spacial score (nSPS) is 12.3. The van der Waals surface area contributed by atoms with Crippen LogP contribution in [0.1, 0.15) is 62.6 Å². The van der Waals surface area contributed by atoms with Crippen LogP contribution in [0.2, 0.25) is 0 Å². The van der Waals surface area contributed by atoms with E-state index in [9.17, 15) is 19.1 Å². The number of amides is 2. The fourth-order valence-corrected chi connectivity index (χ4v) is 5.13. The molecule has 2 amide bonds. The summed E-state index contributed by atoms with van der Waals surface area (Å²) < 4.78 is 25.8. The van der Waals surface area contributed by atoms with E-state index in [1.807, 2.05) is 73.3 Å². The van der Waals surface area contributed by atoms with E-state index in [4.69, 9.17) is 9.47 Å². The molecular formula is C36H48FN3O5. The fraction of sp³-hybridized carbons (Fsp3) is 0.444. The van der Waals surface area contributed by atoms with Gasteiger partial charge in [0, 0.05) is 45.1 Å². The van der Waals surface area contributed by atoms with Crippen molar-refractivity contribution in [2.75, 3.05) is 26.7 Å². The molecule has 244 valence electrons. The zero-order chi connectivity index (χ0) is 32.4. The molecular weight excluding hydrogens is 573 g/mol. The molecule has 0 unspecified atom stereocenters. The number of rotatable bonds is 20. The Morgan fingerprint density at radius 1 is 0.889 bits per heavy atom. The lowest BCUT2D eigenvalue weighted by Crippen LogP contribution is -2.48. The summed E-state index contributed by atoms with van der Waals surface area (Å²) in [6, 6.07) is 21.0. The highest BCUT2D eigenvalue weighted by Crippen LogP contribution is 2.20. The van der Waals surface area contributed by atoms with Crippen molar-refractivity contribution in [1.29, 1.82) is 0 Å². The number of aliphatic hydroxyl groups is 1. The van der Waals surface area contributed by atoms with Crippen molar-refractivity contribution >= 4 is 11.8 Å². The van der Waals surface area contributed by atoms with E-state index in [1.54, 1.807) is 13.2 Å². The van der Waals surface area contributed by atoms with E-state index in [0.717, 1.165) is 29.7 Å². The standard InChI is InChI=1S/C36H48FN3O5/c1-4-17-40(18-5-2)36(43)16-10-15-35(42)39-33(34(41)25-38-24-28-13-9-14-31(20-28)44-3)22-29-19-30(37)23-32(21-29)45-26-27-11-7-6-8-12-27/h6-9,11-14,19-21,23,33-34,38,41H,4-5,10,15-18,22,24-26H2,1-3H3,(H,39,42)/t33-,34+/m0/s1. The molecule has 8 nitrogen and oxygen atoms in total. The molecule has 0 saturated heterocycles. The molecule has 3 aromatic rings. The summed E-state index contributed by atoms with van der Waals surface area (Å²) in [6.45, 7) is 6.46. The molecule has 0 aliphatic carbocycles. The van der Waals surface area contributed by atoms with E-state index in [-0.39, 0.29) is 44.2 Å². The number of carbonyl (C=O) groups excluding carboxylic acids is 2. The number of methoxy groups -OCH3 is 1. The van der Waals surface area contributed by atoms with Gasteiger partial charge in [0.15, 0.2) is 0 Å². The van der Waals surface area contributed by atoms with Gasteiger partial charge in [-0.3, -0.25) is 9.59 Å². The average molecular weight is 622 g/mol. The minimum atomic E-state index is -0.970. The van der Waals surface area contributed by atoms with Crippen LogP contribution in [0.25, 0.3) is 0 Å². The number of nitrogens with one attached hydrogen (secondary N) is 2. The molecule has 0 saturated carbocycles. The summed E-state index contributed by atoms with van der Waals surface area (Å²) in [5.74, 6) is 0.421. The number of hydrogen-bond donors (Lipinski definition) is 3. The summed E-state index contributed by atoms with van der Waals surface area (Å²) in [5, 5.41) is 17.4. The van der Waals surface area contributed by atoms with Crippen molar-refractivity contribution in [3.05, 3.63) is 95.3 Å². The molecule has 45 heavy (non-hydrogen) atoms. The molecule has 9 heteroatoms. The SMILES string of the molecule is CCCN(CCC)C(=O)CCCC(=O)N[C@@H](Cc1cc(F)cc(OCc2ccccc2)c1)[C@H](O)CNCc1cccc(OC)c1. The van der Waals surface area contributed by atoms with Gasteiger partial charge in [-0.05, 0) is 66.6 Å². The van der Waals surface area contributed by atoms with Crippen LogP contribution < -0.4 is 20.1 Å². The second-order valence-corrected chi connectivity index (χ2v) is 11.2. The maximum Gasteiger partial charge on any atom is 0.222 e. The third kappa shape index (κ3) is 12.9. The molecule has 3 rings (SSSR count). The van der Waals surface area contributed by atoms with Gasteiger partial charge < -0.3 is 30.1 Å². The van der Waals surface area contributed by atoms with E-state index < -0.39 is 18.0 Å². The van der Waals surface area contributed by atoms with Gasteiger partial charge in [0.25, 0.3) is 0 Å². The minimum Gasteiger partial charge on any atom is -0.497 e. The Morgan fingerprint density at radius 2 is 1.60 bits per heavy atom. The lowest BCUT2D eigenvalue weighted by Gasteiger charge is -2.25. The number of benzene rings is 3. The largest absolute Gasteiger partial charge is 0.497 e. The number of hydrogen-bond acceptors (Lipinski definition) is 6. The summed E-state index contributed by atoms with van der Waals surface area (Å²) in [6.07, 6.45) is 1.83. The van der Waals surface area contributed by atoms with Crippen LogP contribution in [-0.4, -0.2) is 60.7 Å². The Bertz CT molecular complexity index is 1320. The monoisotopic (exact) mass is 621 g/mol. The zero-order valence-electron chi connectivity index (χ0n) is 26.8. The number of aliphatic hydroxyl groups excluding tert-OH is 1. The highest BCUT2D eigenvalue weighted by atomic mass is 19.1. The highest BCUT2D eigenvalue weighted by molar-refractivity contribution is 5.79. The molecule has 0 spiro atoms. The van der Waals surface area contributed by atoms with E-state index in [0.29, 0.717) is 37.4 Å². The van der Waals surface area contributed by atoms with Crippen LogP contribution in [0.5, 0.6) is 11.5 Å². The molecule has 0 aliphatic heterocycles. The summed E-state index contributed by atoms with van der Waals surface area (Å²) in [5.41, 5.74) is 2.52. The van der Waals surface area contributed by atoms with Gasteiger partial charge in [0.05, 0.1) is 19.3 Å². The van der Waals surface area contributed by atoms with E-state index >= 15 is 0 Å². The van der Waals surface area contributed by atoms with Gasteiger partial charge in [-0.1, -0.05) is 56.3 Å². The van der Waals surface area contributed by atoms with Gasteiger partial charge in [0.2, 0.25) is 11.8 Å². The van der Waals surface area contributed by atoms with Gasteiger partial charge >= 0.3 is 0 Å². The van der Waals surface area contributed by atoms with Gasteiger partial charge in [0.1, 0.15) is 23.9 Å². The minimum absolute atomic E-state index is 0.0487. The third-order valence-electron chi connectivity index (χ3n) is 7.40. The number of ether oxygens (including phenoxy) is 2. The van der Waals surface area contributed by atoms with Crippen molar-refractivity contribution in [2.24, 2.45) is 0 Å². The lowest BCUT2D eigenvalue weighted by molar-refractivity contribution is -0.131. The molecule has 3 aromatic carbocycles. The molecule has 3 N–H and O–H groups in total. The first kappa shape index (κ1) is 35.5. The number of halogens is 1. The zero-order valence-corrected chi connectivity index (χ0v) is 26.8. The average Bonchev–Trinajstić information content (AvgIpc) is 3.03. The second kappa shape index (κ2) is 19.4.